The van der Waals surface area contributed by atoms with Gasteiger partial charge in [0, 0.05) is 11.1 Å². The summed E-state index contributed by atoms with van der Waals surface area (Å²) >= 11 is 0. The molecule has 0 spiro atoms. The van der Waals surface area contributed by atoms with Gasteiger partial charge in [-0.3, -0.25) is 0 Å². The zero-order valence-corrected chi connectivity index (χ0v) is 35.4. The third kappa shape index (κ3) is 10.6. The second-order valence-corrected chi connectivity index (χ2v) is 27.3. The number of aryl methyl sites for hydroxylation is 1. The summed E-state index contributed by atoms with van der Waals surface area (Å²) in [5, 5.41) is -0.00563. The molecule has 0 aromatic heterocycles. The van der Waals surface area contributed by atoms with Gasteiger partial charge in [-0.05, 0) is 104 Å². The predicted octanol–water partition coefficient (Wildman–Crippen LogP) is 11.6. The minimum absolute atomic E-state index is 0.0692. The predicted molar refractivity (Wildman–Crippen MR) is 213 cm³/mol. The molecule has 3 aromatic rings. The van der Waals surface area contributed by atoms with Crippen molar-refractivity contribution in [3.63, 3.8) is 0 Å². The standard InChI is InChI=1S/C41H58O6SSi2/c1-30-23-25-35(26-24-30)48(42,43)46-37-27-36(32(3)20-18-19-31(2)28-45-49(11,12)40(5,6)7)39(47-50(13,14)41(8,9)10)38(33(37)4)44-29-34-21-16-15-17-22-34/h15-18,21-27H,3,20,28-29H2,1-2,4-14H3. The fourth-order valence-electron chi connectivity index (χ4n) is 4.35. The fourth-order valence-corrected chi connectivity index (χ4v) is 7.35. The monoisotopic (exact) mass is 734 g/mol. The van der Waals surface area contributed by atoms with Crippen LogP contribution >= 0.6 is 0 Å². The van der Waals surface area contributed by atoms with Crippen LogP contribution < -0.4 is 13.3 Å². The summed E-state index contributed by atoms with van der Waals surface area (Å²) < 4.78 is 53.0. The maximum absolute atomic E-state index is 13.6. The highest BCUT2D eigenvalue weighted by atomic mass is 32.2. The van der Waals surface area contributed by atoms with Gasteiger partial charge in [-0.1, -0.05) is 96.1 Å². The first-order valence-corrected chi connectivity index (χ1v) is 24.4. The van der Waals surface area contributed by atoms with E-state index in [1.165, 1.54) is 0 Å². The lowest BCUT2D eigenvalue weighted by Gasteiger charge is -2.38. The molecule has 272 valence electrons. The molecule has 0 saturated heterocycles. The molecule has 0 aliphatic rings. The van der Waals surface area contributed by atoms with E-state index in [0.29, 0.717) is 41.2 Å². The molecule has 0 bridgehead atoms. The van der Waals surface area contributed by atoms with Crippen LogP contribution in [0.25, 0.3) is 5.57 Å². The second-order valence-electron chi connectivity index (χ2n) is 16.2. The Morgan fingerprint density at radius 2 is 1.44 bits per heavy atom. The number of benzene rings is 3. The first-order chi connectivity index (χ1) is 22.9. The molecule has 9 heteroatoms. The lowest BCUT2D eigenvalue weighted by molar-refractivity contribution is 0.290. The molecule has 0 aliphatic carbocycles. The van der Waals surface area contributed by atoms with Gasteiger partial charge in [-0.25, -0.2) is 0 Å². The molecule has 0 fully saturated rings. The molecule has 0 atom stereocenters. The van der Waals surface area contributed by atoms with Crippen molar-refractivity contribution in [1.29, 1.82) is 0 Å². The molecule has 0 saturated carbocycles. The lowest BCUT2D eigenvalue weighted by Crippen LogP contribution is -2.44. The van der Waals surface area contributed by atoms with Crippen LogP contribution in [0.1, 0.15) is 77.1 Å². The van der Waals surface area contributed by atoms with Crippen LogP contribution in [-0.2, 0) is 21.2 Å². The fraction of sp³-hybridized carbons (Fsp3) is 0.439. The van der Waals surface area contributed by atoms with Crippen molar-refractivity contribution in [1.82, 2.24) is 0 Å². The van der Waals surface area contributed by atoms with Gasteiger partial charge in [0.2, 0.25) is 0 Å². The summed E-state index contributed by atoms with van der Waals surface area (Å²) in [6.07, 6.45) is 2.38. The van der Waals surface area contributed by atoms with Crippen molar-refractivity contribution in [3.8, 4) is 17.2 Å². The maximum Gasteiger partial charge on any atom is 0.339 e. The minimum atomic E-state index is -4.16. The smallest absolute Gasteiger partial charge is 0.339 e. The zero-order valence-electron chi connectivity index (χ0n) is 32.5. The first kappa shape index (κ1) is 41.1. The number of rotatable bonds is 14. The summed E-state index contributed by atoms with van der Waals surface area (Å²) in [6.45, 7) is 33.0. The van der Waals surface area contributed by atoms with Crippen molar-refractivity contribution in [2.24, 2.45) is 0 Å². The molecule has 0 aliphatic heterocycles. The summed E-state index contributed by atoms with van der Waals surface area (Å²) in [5.41, 5.74) is 8.16. The average Bonchev–Trinajstić information content (AvgIpc) is 3.00. The lowest BCUT2D eigenvalue weighted by atomic mass is 9.99. The van der Waals surface area contributed by atoms with E-state index in [-0.39, 0.29) is 27.3 Å². The van der Waals surface area contributed by atoms with Crippen LogP contribution in [0.5, 0.6) is 17.2 Å². The SMILES string of the molecule is C=C(CC=C=C(C)CO[Si](C)(C)C(C)(C)C)c1cc(OS(=O)(=O)c2ccc(C)cc2)c(C)c(OCc2ccccc2)c1O[Si](C)(C)C(C)(C)C. The largest absolute Gasteiger partial charge is 0.541 e. The summed E-state index contributed by atoms with van der Waals surface area (Å²) in [7, 11) is -8.49. The van der Waals surface area contributed by atoms with Gasteiger partial charge in [0.25, 0.3) is 8.32 Å². The van der Waals surface area contributed by atoms with Crippen LogP contribution in [0.2, 0.25) is 36.3 Å². The van der Waals surface area contributed by atoms with E-state index in [9.17, 15) is 8.42 Å². The highest BCUT2D eigenvalue weighted by molar-refractivity contribution is 7.87. The van der Waals surface area contributed by atoms with E-state index in [0.717, 1.165) is 16.7 Å². The second kappa shape index (κ2) is 15.9. The van der Waals surface area contributed by atoms with Crippen molar-refractivity contribution in [3.05, 3.63) is 107 Å². The van der Waals surface area contributed by atoms with Crippen LogP contribution in [0.4, 0.5) is 0 Å². The molecular formula is C41H58O6SSi2. The number of hydrogen-bond donors (Lipinski definition) is 0. The molecule has 0 unspecified atom stereocenters. The van der Waals surface area contributed by atoms with Gasteiger partial charge in [-0.2, -0.15) is 8.42 Å². The van der Waals surface area contributed by atoms with Crippen molar-refractivity contribution in [2.75, 3.05) is 6.61 Å². The van der Waals surface area contributed by atoms with Crippen LogP contribution in [0, 0.1) is 13.8 Å². The van der Waals surface area contributed by atoms with Crippen molar-refractivity contribution >= 4 is 32.3 Å². The van der Waals surface area contributed by atoms with Gasteiger partial charge in [0.1, 0.15) is 17.3 Å². The number of hydrogen-bond acceptors (Lipinski definition) is 6. The maximum atomic E-state index is 13.6. The van der Waals surface area contributed by atoms with Crippen LogP contribution in [-0.4, -0.2) is 31.7 Å². The Labute approximate surface area is 304 Å². The third-order valence-electron chi connectivity index (χ3n) is 9.87. The van der Waals surface area contributed by atoms with E-state index in [1.807, 2.05) is 50.3 Å². The average molecular weight is 735 g/mol. The van der Waals surface area contributed by atoms with Gasteiger partial charge < -0.3 is 17.8 Å². The van der Waals surface area contributed by atoms with Gasteiger partial charge in [0.05, 0.1) is 6.61 Å². The van der Waals surface area contributed by atoms with Crippen molar-refractivity contribution < 1.29 is 26.2 Å². The zero-order chi connectivity index (χ0) is 37.7. The van der Waals surface area contributed by atoms with Crippen LogP contribution in [0.3, 0.4) is 0 Å². The number of allylic oxidation sites excluding steroid dienone is 1. The Morgan fingerprint density at radius 3 is 2.00 bits per heavy atom. The third-order valence-corrected chi connectivity index (χ3v) is 19.9. The topological polar surface area (TPSA) is 71.1 Å². The van der Waals surface area contributed by atoms with E-state index in [1.54, 1.807) is 37.3 Å². The molecule has 3 aromatic carbocycles. The molecule has 50 heavy (non-hydrogen) atoms. The highest BCUT2D eigenvalue weighted by Gasteiger charge is 2.41. The Bertz CT molecular complexity index is 1820. The number of ether oxygens (including phenoxy) is 1. The minimum Gasteiger partial charge on any atom is -0.541 e. The first-order valence-electron chi connectivity index (χ1n) is 17.2. The summed E-state index contributed by atoms with van der Waals surface area (Å²) in [5.74, 6) is 1.14. The normalized spacial score (nSPS) is 12.6. The molecular weight excluding hydrogens is 677 g/mol. The van der Waals surface area contributed by atoms with Gasteiger partial charge >= 0.3 is 10.1 Å². The van der Waals surface area contributed by atoms with Gasteiger partial charge in [0.15, 0.2) is 19.8 Å². The van der Waals surface area contributed by atoms with E-state index < -0.39 is 26.8 Å². The highest BCUT2D eigenvalue weighted by Crippen LogP contribution is 2.48. The van der Waals surface area contributed by atoms with E-state index in [2.05, 4.69) is 80.0 Å². The molecule has 0 amide bonds. The Kier molecular flexibility index (Phi) is 13.1. The van der Waals surface area contributed by atoms with E-state index in [4.69, 9.17) is 17.8 Å². The van der Waals surface area contributed by atoms with E-state index >= 15 is 0 Å². The Balaban J connectivity index is 2.16. The molecule has 0 heterocycles. The Morgan fingerprint density at radius 1 is 0.860 bits per heavy atom. The van der Waals surface area contributed by atoms with Gasteiger partial charge in [-0.15, -0.1) is 5.73 Å². The summed E-state index contributed by atoms with van der Waals surface area (Å²) in [4.78, 5) is 0.0692. The van der Waals surface area contributed by atoms with Crippen molar-refractivity contribution in [2.45, 2.75) is 117 Å². The Hall–Kier alpha value is -3.34. The molecule has 6 nitrogen and oxygen atoms in total. The molecule has 0 radical (unpaired) electrons. The summed E-state index contributed by atoms with van der Waals surface area (Å²) in [6, 6.07) is 18.2. The quantitative estimate of drug-likeness (QED) is 0.0933. The van der Waals surface area contributed by atoms with Crippen LogP contribution in [0.15, 0.2) is 89.5 Å². The molecule has 0 N–H and O–H groups in total. The molecule has 3 rings (SSSR count).